The van der Waals surface area contributed by atoms with E-state index in [-0.39, 0.29) is 33.8 Å². The first-order valence-electron chi connectivity index (χ1n) is 15.9. The molecule has 1 fully saturated rings. The molecule has 0 aliphatic carbocycles. The summed E-state index contributed by atoms with van der Waals surface area (Å²) in [6.07, 6.45) is -6.22. The van der Waals surface area contributed by atoms with E-state index in [2.05, 4.69) is 15.0 Å². The largest absolute Gasteiger partial charge is 0.465 e. The molecule has 6 rings (SSSR count). The molecular formula is C38H29N3O12. The first kappa shape index (κ1) is 35.7. The Balaban J connectivity index is 1.29. The van der Waals surface area contributed by atoms with E-state index in [0.717, 1.165) is 4.57 Å². The highest BCUT2D eigenvalue weighted by atomic mass is 16.8. The summed E-state index contributed by atoms with van der Waals surface area (Å²) in [4.78, 5) is 81.6. The Bertz CT molecular complexity index is 2160. The van der Waals surface area contributed by atoms with Gasteiger partial charge in [0.15, 0.2) is 12.3 Å². The predicted octanol–water partition coefficient (Wildman–Crippen LogP) is 4.80. The average Bonchev–Trinajstić information content (AvgIpc) is 3.50. The summed E-state index contributed by atoms with van der Waals surface area (Å²) >= 11 is 0. The molecule has 15 heteroatoms. The quantitative estimate of drug-likeness (QED) is 0.153. The van der Waals surface area contributed by atoms with Crippen LogP contribution in [0.2, 0.25) is 0 Å². The molecule has 268 valence electrons. The molecule has 4 aromatic carbocycles. The van der Waals surface area contributed by atoms with Gasteiger partial charge in [0.05, 0.1) is 29.4 Å². The number of methoxy groups -OCH3 is 1. The third-order valence-corrected chi connectivity index (χ3v) is 7.70. The number of amides is 1. The maximum absolute atomic E-state index is 13.5. The summed E-state index contributed by atoms with van der Waals surface area (Å²) in [6.45, 7) is 0. The first-order valence-corrected chi connectivity index (χ1v) is 15.9. The maximum atomic E-state index is 13.5. The van der Waals surface area contributed by atoms with Crippen molar-refractivity contribution in [2.45, 2.75) is 24.7 Å². The average molecular weight is 720 g/mol. The molecule has 4 atom stereocenters. The zero-order valence-corrected chi connectivity index (χ0v) is 27.7. The van der Waals surface area contributed by atoms with Crippen molar-refractivity contribution in [1.29, 1.82) is 0 Å². The smallest absolute Gasteiger partial charge is 0.418 e. The van der Waals surface area contributed by atoms with Crippen LogP contribution in [0, 0.1) is 0 Å². The van der Waals surface area contributed by atoms with Gasteiger partial charge in [-0.3, -0.25) is 9.88 Å². The molecule has 1 aromatic heterocycles. The second-order valence-electron chi connectivity index (χ2n) is 11.2. The lowest BCUT2D eigenvalue weighted by molar-refractivity contribution is -0.149. The molecule has 0 spiro atoms. The number of hydrogen-bond donors (Lipinski definition) is 1. The third kappa shape index (κ3) is 8.61. The van der Waals surface area contributed by atoms with Crippen LogP contribution in [0.1, 0.15) is 47.7 Å². The number of hydrogen-bond acceptors (Lipinski definition) is 13. The summed E-state index contributed by atoms with van der Waals surface area (Å²) in [5.41, 5.74) is -0.350. The summed E-state index contributed by atoms with van der Waals surface area (Å²) in [5.74, 6) is -3.29. The van der Waals surface area contributed by atoms with Crippen LogP contribution in [0.3, 0.4) is 0 Å². The lowest BCUT2D eigenvalue weighted by atomic mass is 10.1. The van der Waals surface area contributed by atoms with E-state index in [4.69, 9.17) is 23.7 Å². The third-order valence-electron chi connectivity index (χ3n) is 7.70. The number of nitrogens with zero attached hydrogens (tertiary/aromatic N) is 2. The first-order chi connectivity index (χ1) is 25.7. The van der Waals surface area contributed by atoms with E-state index in [9.17, 15) is 28.8 Å². The van der Waals surface area contributed by atoms with Gasteiger partial charge in [0.25, 0.3) is 0 Å². The fourth-order valence-electron chi connectivity index (χ4n) is 5.15. The van der Waals surface area contributed by atoms with E-state index < -0.39 is 60.4 Å². The Kier molecular flexibility index (Phi) is 11.0. The van der Waals surface area contributed by atoms with Gasteiger partial charge in [0, 0.05) is 6.20 Å². The summed E-state index contributed by atoms with van der Waals surface area (Å²) in [5, 5.41) is 2.33. The second-order valence-corrected chi connectivity index (χ2v) is 11.2. The SMILES string of the molecule is COC(=O)c1ccc(OC(=O)Nc2ccn([C@@H]3O[C@H](OC(=O)c4ccccc4)[C@@H](OC(=O)c4ccccc4)[C@@H]3OC(=O)c3ccccc3)c(=O)n2)cc1. The van der Waals surface area contributed by atoms with Gasteiger partial charge in [-0.25, -0.2) is 28.8 Å². The number of anilines is 1. The Hall–Kier alpha value is -7.13. The highest BCUT2D eigenvalue weighted by molar-refractivity contribution is 5.91. The number of carbonyl (C=O) groups excluding carboxylic acids is 5. The van der Waals surface area contributed by atoms with Crippen LogP contribution in [0.5, 0.6) is 5.75 Å². The number of benzene rings is 4. The lowest BCUT2D eigenvalue weighted by Crippen LogP contribution is -2.42. The Labute approximate surface area is 300 Å². The molecule has 1 aliphatic heterocycles. The summed E-state index contributed by atoms with van der Waals surface area (Å²) in [7, 11) is 1.23. The Morgan fingerprint density at radius 1 is 0.623 bits per heavy atom. The molecule has 1 aliphatic rings. The zero-order chi connectivity index (χ0) is 37.3. The Morgan fingerprint density at radius 2 is 1.11 bits per heavy atom. The van der Waals surface area contributed by atoms with Gasteiger partial charge < -0.3 is 28.4 Å². The van der Waals surface area contributed by atoms with E-state index in [1.165, 1.54) is 80.0 Å². The van der Waals surface area contributed by atoms with Gasteiger partial charge >= 0.3 is 35.7 Å². The van der Waals surface area contributed by atoms with Crippen LogP contribution in [0.15, 0.2) is 132 Å². The standard InChI is InChI=1S/C38H29N3O12/c1-48-32(42)26-17-19-27(20-18-26)49-38(47)40-28-21-22-41(37(46)39-28)31-29(50-33(43)23-11-5-2-6-12-23)30(51-34(44)24-13-7-3-8-14-24)36(52-31)53-35(45)25-15-9-4-10-16-25/h2-22,29-31,36H,1H3,(H,39,40,46,47)/t29-,30-,31+,36+/m0/s1. The van der Waals surface area contributed by atoms with E-state index in [1.807, 2.05) is 0 Å². The van der Waals surface area contributed by atoms with Gasteiger partial charge in [-0.1, -0.05) is 54.6 Å². The van der Waals surface area contributed by atoms with E-state index >= 15 is 0 Å². The highest BCUT2D eigenvalue weighted by Crippen LogP contribution is 2.35. The monoisotopic (exact) mass is 719 g/mol. The van der Waals surface area contributed by atoms with Crippen molar-refractivity contribution < 1.29 is 52.4 Å². The fourth-order valence-corrected chi connectivity index (χ4v) is 5.15. The number of nitrogens with one attached hydrogen (secondary N) is 1. The van der Waals surface area contributed by atoms with Crippen molar-refractivity contribution in [3.05, 3.63) is 160 Å². The van der Waals surface area contributed by atoms with Crippen molar-refractivity contribution in [3.8, 4) is 5.75 Å². The molecule has 53 heavy (non-hydrogen) atoms. The normalized spacial score (nSPS) is 17.5. The molecule has 2 heterocycles. The minimum atomic E-state index is -1.68. The van der Waals surface area contributed by atoms with Crippen LogP contribution in [0.25, 0.3) is 0 Å². The summed E-state index contributed by atoms with van der Waals surface area (Å²) in [6, 6.07) is 30.5. The van der Waals surface area contributed by atoms with Crippen LogP contribution in [-0.4, -0.2) is 65.1 Å². The number of aromatic nitrogens is 2. The summed E-state index contributed by atoms with van der Waals surface area (Å²) < 4.78 is 34.1. The molecular weight excluding hydrogens is 690 g/mol. The van der Waals surface area contributed by atoms with E-state index in [1.54, 1.807) is 54.6 Å². The molecule has 5 aromatic rings. The van der Waals surface area contributed by atoms with Gasteiger partial charge in [-0.15, -0.1) is 0 Å². The van der Waals surface area contributed by atoms with Crippen molar-refractivity contribution in [3.63, 3.8) is 0 Å². The van der Waals surface area contributed by atoms with Crippen molar-refractivity contribution in [1.82, 2.24) is 9.55 Å². The molecule has 0 bridgehead atoms. The van der Waals surface area contributed by atoms with E-state index in [0.29, 0.717) is 0 Å². The molecule has 1 N–H and O–H groups in total. The highest BCUT2D eigenvalue weighted by Gasteiger charge is 2.53. The van der Waals surface area contributed by atoms with Crippen LogP contribution in [0.4, 0.5) is 10.6 Å². The minimum Gasteiger partial charge on any atom is -0.465 e. The number of esters is 4. The topological polar surface area (TPSA) is 188 Å². The lowest BCUT2D eigenvalue weighted by Gasteiger charge is -2.24. The molecule has 0 saturated carbocycles. The minimum absolute atomic E-state index is 0.0816. The van der Waals surface area contributed by atoms with Crippen molar-refractivity contribution >= 4 is 35.8 Å². The molecule has 15 nitrogen and oxygen atoms in total. The van der Waals surface area contributed by atoms with Gasteiger partial charge in [-0.05, 0) is 66.7 Å². The second kappa shape index (κ2) is 16.3. The van der Waals surface area contributed by atoms with Crippen molar-refractivity contribution in [2.24, 2.45) is 0 Å². The number of ether oxygens (including phenoxy) is 6. The van der Waals surface area contributed by atoms with Crippen LogP contribution >= 0.6 is 0 Å². The van der Waals surface area contributed by atoms with Gasteiger partial charge in [-0.2, -0.15) is 4.98 Å². The molecule has 0 unspecified atom stereocenters. The van der Waals surface area contributed by atoms with Gasteiger partial charge in [0.1, 0.15) is 11.6 Å². The predicted molar refractivity (Wildman–Crippen MR) is 183 cm³/mol. The molecule has 1 amide bonds. The van der Waals surface area contributed by atoms with Crippen LogP contribution < -0.4 is 15.7 Å². The van der Waals surface area contributed by atoms with Crippen molar-refractivity contribution in [2.75, 3.05) is 12.4 Å². The molecule has 1 saturated heterocycles. The van der Waals surface area contributed by atoms with Gasteiger partial charge in [0.2, 0.25) is 12.4 Å². The zero-order valence-electron chi connectivity index (χ0n) is 27.7. The fraction of sp³-hybridized carbons (Fsp3) is 0.132. The Morgan fingerprint density at radius 3 is 1.62 bits per heavy atom. The number of carbonyl (C=O) groups is 5. The number of rotatable bonds is 10. The molecule has 0 radical (unpaired) electrons. The maximum Gasteiger partial charge on any atom is 0.418 e. The van der Waals surface area contributed by atoms with Crippen LogP contribution in [-0.2, 0) is 23.7 Å².